The molecular formula is C13H13Br2N3OS. The van der Waals surface area contributed by atoms with E-state index in [1.165, 1.54) is 0 Å². The second kappa shape index (κ2) is 6.69. The average molecular weight is 419 g/mol. The number of rotatable bonds is 3. The number of thiazole rings is 1. The Kier molecular flexibility index (Phi) is 5.17. The molecule has 0 aliphatic rings. The number of halogens is 2. The van der Waals surface area contributed by atoms with Crippen LogP contribution >= 0.6 is 43.2 Å². The van der Waals surface area contributed by atoms with Crippen molar-refractivity contribution in [3.05, 3.63) is 42.5 Å². The highest BCUT2D eigenvalue weighted by molar-refractivity contribution is 9.11. The normalized spacial score (nSPS) is 12.5. The zero-order chi connectivity index (χ0) is 14.7. The smallest absolute Gasteiger partial charge is 0.205 e. The number of nitrogens with zero attached hydrogens (tertiary/aromatic N) is 3. The summed E-state index contributed by atoms with van der Waals surface area (Å²) in [7, 11) is 0. The van der Waals surface area contributed by atoms with Crippen molar-refractivity contribution >= 4 is 49.4 Å². The highest BCUT2D eigenvalue weighted by Gasteiger charge is 2.06. The fraction of sp³-hybridized carbons (Fsp3) is 0.231. The van der Waals surface area contributed by atoms with Gasteiger partial charge in [-0.05, 0) is 41.9 Å². The molecule has 0 saturated heterocycles. The molecule has 4 nitrogen and oxygen atoms in total. The third-order valence-corrected chi connectivity index (χ3v) is 4.55. The van der Waals surface area contributed by atoms with E-state index >= 15 is 0 Å². The summed E-state index contributed by atoms with van der Waals surface area (Å²) in [6.07, 6.45) is 1.62. The Bertz CT molecular complexity index is 719. The number of aromatic hydroxyl groups is 1. The summed E-state index contributed by atoms with van der Waals surface area (Å²) in [4.78, 5) is 5.23. The van der Waals surface area contributed by atoms with Crippen molar-refractivity contribution in [1.29, 1.82) is 0 Å². The molecule has 0 spiro atoms. The third kappa shape index (κ3) is 3.39. The van der Waals surface area contributed by atoms with Crippen molar-refractivity contribution in [3.63, 3.8) is 0 Å². The number of phenols is 1. The van der Waals surface area contributed by atoms with Gasteiger partial charge < -0.3 is 5.11 Å². The molecule has 0 bridgehead atoms. The van der Waals surface area contributed by atoms with E-state index in [0.717, 1.165) is 15.0 Å². The molecule has 20 heavy (non-hydrogen) atoms. The first kappa shape index (κ1) is 15.5. The molecule has 7 heteroatoms. The van der Waals surface area contributed by atoms with Gasteiger partial charge in [0.15, 0.2) is 0 Å². The zero-order valence-electron chi connectivity index (χ0n) is 11.0. The number of aryl methyl sites for hydroxylation is 1. The Balaban J connectivity index is 2.45. The van der Waals surface area contributed by atoms with Crippen molar-refractivity contribution in [3.8, 4) is 5.75 Å². The summed E-state index contributed by atoms with van der Waals surface area (Å²) in [6.45, 7) is 4.67. The molecule has 0 aliphatic carbocycles. The van der Waals surface area contributed by atoms with Crippen LogP contribution in [0.3, 0.4) is 0 Å². The predicted molar refractivity (Wildman–Crippen MR) is 89.6 cm³/mol. The van der Waals surface area contributed by atoms with E-state index in [1.807, 2.05) is 25.3 Å². The molecule has 1 aromatic carbocycles. The van der Waals surface area contributed by atoms with Crippen molar-refractivity contribution in [2.45, 2.75) is 13.8 Å². The lowest BCUT2D eigenvalue weighted by Gasteiger charge is -2.03. The number of aromatic nitrogens is 1. The highest BCUT2D eigenvalue weighted by atomic mass is 79.9. The van der Waals surface area contributed by atoms with Gasteiger partial charge >= 0.3 is 0 Å². The van der Waals surface area contributed by atoms with E-state index in [2.05, 4.69) is 42.0 Å². The number of hydrogen-bond donors (Lipinski definition) is 1. The van der Waals surface area contributed by atoms with E-state index in [-0.39, 0.29) is 5.75 Å². The molecule has 0 unspecified atom stereocenters. The molecule has 2 rings (SSSR count). The molecule has 1 N–H and O–H groups in total. The van der Waals surface area contributed by atoms with E-state index in [1.54, 1.807) is 28.3 Å². The first-order valence-electron chi connectivity index (χ1n) is 5.93. The molecule has 106 valence electrons. The Morgan fingerprint density at radius 1 is 1.40 bits per heavy atom. The van der Waals surface area contributed by atoms with Gasteiger partial charge in [0.05, 0.1) is 16.4 Å². The van der Waals surface area contributed by atoms with Crippen molar-refractivity contribution in [2.24, 2.45) is 10.1 Å². The third-order valence-electron chi connectivity index (χ3n) is 2.51. The van der Waals surface area contributed by atoms with Crippen LogP contribution in [0.4, 0.5) is 0 Å². The quantitative estimate of drug-likeness (QED) is 0.755. The van der Waals surface area contributed by atoms with Crippen molar-refractivity contribution < 1.29 is 5.11 Å². The molecule has 0 radical (unpaired) electrons. The molecule has 0 atom stereocenters. The van der Waals surface area contributed by atoms with Gasteiger partial charge in [-0.1, -0.05) is 15.9 Å². The fourth-order valence-electron chi connectivity index (χ4n) is 1.57. The Hall–Kier alpha value is -0.920. The lowest BCUT2D eigenvalue weighted by atomic mass is 10.2. The van der Waals surface area contributed by atoms with Gasteiger partial charge in [-0.25, -0.2) is 4.68 Å². The van der Waals surface area contributed by atoms with Crippen LogP contribution in [-0.4, -0.2) is 22.5 Å². The average Bonchev–Trinajstić information content (AvgIpc) is 2.74. The van der Waals surface area contributed by atoms with Gasteiger partial charge in [0.25, 0.3) is 0 Å². The summed E-state index contributed by atoms with van der Waals surface area (Å²) in [5.41, 5.74) is 1.64. The van der Waals surface area contributed by atoms with Gasteiger partial charge in [0.1, 0.15) is 5.75 Å². The Morgan fingerprint density at radius 3 is 2.85 bits per heavy atom. The summed E-state index contributed by atoms with van der Waals surface area (Å²) in [6, 6.07) is 3.59. The lowest BCUT2D eigenvalue weighted by molar-refractivity contribution is 0.471. The van der Waals surface area contributed by atoms with Gasteiger partial charge in [-0.3, -0.25) is 4.99 Å². The highest BCUT2D eigenvalue weighted by Crippen LogP contribution is 2.30. The van der Waals surface area contributed by atoms with Crippen LogP contribution in [0.2, 0.25) is 0 Å². The Labute approximate surface area is 137 Å². The van der Waals surface area contributed by atoms with E-state index < -0.39 is 0 Å². The molecule has 1 heterocycles. The van der Waals surface area contributed by atoms with Gasteiger partial charge in [0, 0.05) is 22.0 Å². The second-order valence-electron chi connectivity index (χ2n) is 4.02. The summed E-state index contributed by atoms with van der Waals surface area (Å²) in [5, 5.41) is 16.4. The van der Waals surface area contributed by atoms with Gasteiger partial charge in [0.2, 0.25) is 4.80 Å². The summed E-state index contributed by atoms with van der Waals surface area (Å²) < 4.78 is 3.26. The molecular weight excluding hydrogens is 406 g/mol. The molecule has 2 aromatic rings. The Morgan fingerprint density at radius 2 is 2.15 bits per heavy atom. The number of phenolic OH excluding ortho intramolecular Hbond substituents is 1. The number of hydrogen-bond acceptors (Lipinski definition) is 4. The van der Waals surface area contributed by atoms with Crippen LogP contribution in [-0.2, 0) is 0 Å². The first-order chi connectivity index (χ1) is 9.52. The predicted octanol–water partition coefficient (Wildman–Crippen LogP) is 3.89. The standard InChI is InChI=1S/C13H13Br2N3OS/c1-3-16-13-18(8(2)7-20-13)17-6-9-4-10(14)5-11(15)12(9)19/h4-7,19H,3H2,1-2H3. The maximum Gasteiger partial charge on any atom is 0.205 e. The molecule has 0 saturated carbocycles. The minimum Gasteiger partial charge on any atom is -0.506 e. The molecule has 0 amide bonds. The zero-order valence-corrected chi connectivity index (χ0v) is 15.0. The molecule has 0 fully saturated rings. The minimum absolute atomic E-state index is 0.166. The maximum absolute atomic E-state index is 10.0. The first-order valence-corrected chi connectivity index (χ1v) is 8.39. The fourth-order valence-corrected chi connectivity index (χ4v) is 3.70. The van der Waals surface area contributed by atoms with Gasteiger partial charge in [-0.2, -0.15) is 5.10 Å². The topological polar surface area (TPSA) is 49.9 Å². The number of benzene rings is 1. The largest absolute Gasteiger partial charge is 0.506 e. The second-order valence-corrected chi connectivity index (χ2v) is 6.62. The van der Waals surface area contributed by atoms with Crippen LogP contribution in [0.1, 0.15) is 18.2 Å². The minimum atomic E-state index is 0.166. The van der Waals surface area contributed by atoms with Crippen LogP contribution < -0.4 is 4.80 Å². The summed E-state index contributed by atoms with van der Waals surface area (Å²) in [5.74, 6) is 0.166. The van der Waals surface area contributed by atoms with Crippen LogP contribution in [0.15, 0.2) is 36.6 Å². The maximum atomic E-state index is 10.0. The van der Waals surface area contributed by atoms with E-state index in [9.17, 15) is 5.11 Å². The lowest BCUT2D eigenvalue weighted by Crippen LogP contribution is -2.12. The van der Waals surface area contributed by atoms with Crippen molar-refractivity contribution in [2.75, 3.05) is 6.54 Å². The molecule has 0 aliphatic heterocycles. The van der Waals surface area contributed by atoms with Crippen molar-refractivity contribution in [1.82, 2.24) is 4.68 Å². The van der Waals surface area contributed by atoms with Gasteiger partial charge in [-0.15, -0.1) is 11.3 Å². The SMILES string of the molecule is CCN=c1scc(C)n1N=Cc1cc(Br)cc(Br)c1O. The van der Waals surface area contributed by atoms with Crippen LogP contribution in [0.5, 0.6) is 5.75 Å². The van der Waals surface area contributed by atoms with E-state index in [0.29, 0.717) is 16.6 Å². The molecule has 1 aromatic heterocycles. The van der Waals surface area contributed by atoms with Crippen LogP contribution in [0.25, 0.3) is 0 Å². The van der Waals surface area contributed by atoms with E-state index in [4.69, 9.17) is 0 Å². The monoisotopic (exact) mass is 417 g/mol. The summed E-state index contributed by atoms with van der Waals surface area (Å²) >= 11 is 8.25. The van der Waals surface area contributed by atoms with Crippen LogP contribution in [0, 0.1) is 6.92 Å².